The van der Waals surface area contributed by atoms with Gasteiger partial charge in [0.05, 0.1) is 16.1 Å². The number of carboxylic acid groups (broad SMARTS) is 1. The van der Waals surface area contributed by atoms with Crippen molar-refractivity contribution in [1.82, 2.24) is 0 Å². The first kappa shape index (κ1) is 29.8. The number of ether oxygens (including phenoxy) is 1. The molecule has 0 saturated heterocycles. The summed E-state index contributed by atoms with van der Waals surface area (Å²) in [6, 6.07) is 18.5. The van der Waals surface area contributed by atoms with E-state index in [1.165, 1.54) is 11.8 Å². The molecule has 9 nitrogen and oxygen atoms in total. The van der Waals surface area contributed by atoms with Crippen LogP contribution in [0.1, 0.15) is 11.1 Å². The Kier molecular flexibility index (Phi) is 10.1. The molecular weight excluding hydrogens is 667 g/mol. The summed E-state index contributed by atoms with van der Waals surface area (Å²) in [6.45, 7) is -0.438. The van der Waals surface area contributed by atoms with Gasteiger partial charge in [-0.2, -0.15) is 16.8 Å². The van der Waals surface area contributed by atoms with Gasteiger partial charge in [0.1, 0.15) is 17.2 Å². The highest BCUT2D eigenvalue weighted by molar-refractivity contribution is 14.1. The molecule has 0 bridgehead atoms. The van der Waals surface area contributed by atoms with Crippen LogP contribution in [0, 0.1) is 3.57 Å². The van der Waals surface area contributed by atoms with E-state index in [-0.39, 0.29) is 11.5 Å². The fourth-order valence-electron chi connectivity index (χ4n) is 3.20. The Balaban J connectivity index is 1.89. The first-order valence-corrected chi connectivity index (χ1v) is 16.5. The fourth-order valence-corrected chi connectivity index (χ4v) is 5.94. The Bertz CT molecular complexity index is 1450. The number of hydrogen-bond acceptors (Lipinski definition) is 9. The monoisotopic (exact) mass is 690 g/mol. The van der Waals surface area contributed by atoms with E-state index in [1.807, 2.05) is 12.1 Å². The second-order valence-corrected chi connectivity index (χ2v) is 13.1. The van der Waals surface area contributed by atoms with Gasteiger partial charge in [0.25, 0.3) is 0 Å². The third-order valence-corrected chi connectivity index (χ3v) is 8.08. The van der Waals surface area contributed by atoms with Crippen LogP contribution in [-0.2, 0) is 25.0 Å². The van der Waals surface area contributed by atoms with Crippen LogP contribution in [0.4, 0.5) is 0 Å². The van der Waals surface area contributed by atoms with Crippen molar-refractivity contribution in [3.8, 4) is 17.2 Å². The van der Waals surface area contributed by atoms with Crippen molar-refractivity contribution in [3.05, 3.63) is 87.5 Å². The van der Waals surface area contributed by atoms with E-state index in [0.717, 1.165) is 37.7 Å². The van der Waals surface area contributed by atoms with Crippen LogP contribution in [0.3, 0.4) is 0 Å². The third kappa shape index (κ3) is 9.53. The average molecular weight is 691 g/mol. The van der Waals surface area contributed by atoms with Gasteiger partial charge < -0.3 is 18.2 Å². The molecular formula is C25H23IO9S3. The molecule has 0 unspecified atom stereocenters. The summed E-state index contributed by atoms with van der Waals surface area (Å²) in [6.07, 6.45) is 3.91. The number of carbonyl (C=O) groups is 1. The summed E-state index contributed by atoms with van der Waals surface area (Å²) in [4.78, 5) is 11.7. The molecule has 0 radical (unpaired) electrons. The zero-order valence-electron chi connectivity index (χ0n) is 20.2. The van der Waals surface area contributed by atoms with E-state index in [4.69, 9.17) is 18.2 Å². The van der Waals surface area contributed by atoms with Crippen molar-refractivity contribution in [3.63, 3.8) is 0 Å². The molecule has 0 fully saturated rings. The highest BCUT2D eigenvalue weighted by atomic mass is 127. The minimum absolute atomic E-state index is 0.176. The quantitative estimate of drug-likeness (QED) is 0.163. The summed E-state index contributed by atoms with van der Waals surface area (Å²) < 4.78 is 61.8. The van der Waals surface area contributed by atoms with Gasteiger partial charge in [0.15, 0.2) is 6.61 Å². The standard InChI is InChI=1S/C25H23IO9S3/c1-37(29,30)34-19-10-6-17(7-11-19)21(18-8-12-20(13-9-18)35-38(2,31)32)14-15-36-23-5-3-4-22(25(23)26)33-16-24(27)28/h3-14H,15-16H2,1-2H3,(H,27,28). The fraction of sp³-hybridized carbons (Fsp3) is 0.160. The molecule has 0 aliphatic carbocycles. The Labute approximate surface area is 239 Å². The Hall–Kier alpha value is -2.75. The zero-order chi connectivity index (χ0) is 27.9. The van der Waals surface area contributed by atoms with Crippen LogP contribution < -0.4 is 13.1 Å². The van der Waals surface area contributed by atoms with E-state index in [2.05, 4.69) is 22.6 Å². The van der Waals surface area contributed by atoms with Crippen molar-refractivity contribution in [2.24, 2.45) is 0 Å². The number of thioether (sulfide) groups is 1. The molecule has 202 valence electrons. The molecule has 0 aliphatic rings. The smallest absolute Gasteiger partial charge is 0.341 e. The predicted octanol–water partition coefficient (Wildman–Crippen LogP) is 4.66. The van der Waals surface area contributed by atoms with Crippen LogP contribution in [-0.4, -0.2) is 52.8 Å². The number of hydrogen-bond donors (Lipinski definition) is 1. The lowest BCUT2D eigenvalue weighted by molar-refractivity contribution is -0.139. The van der Waals surface area contributed by atoms with Gasteiger partial charge in [0, 0.05) is 10.6 Å². The van der Waals surface area contributed by atoms with Gasteiger partial charge in [-0.25, -0.2) is 4.79 Å². The Morgan fingerprint density at radius 2 is 1.37 bits per heavy atom. The first-order valence-electron chi connectivity index (χ1n) is 10.8. The molecule has 0 saturated carbocycles. The lowest BCUT2D eigenvalue weighted by Gasteiger charge is -2.12. The minimum Gasteiger partial charge on any atom is -0.481 e. The van der Waals surface area contributed by atoms with Gasteiger partial charge in [-0.05, 0) is 75.7 Å². The summed E-state index contributed by atoms with van der Waals surface area (Å²) in [5.74, 6) is 0.290. The zero-order valence-corrected chi connectivity index (χ0v) is 24.8. The normalized spacial score (nSPS) is 11.4. The summed E-state index contributed by atoms with van der Waals surface area (Å²) in [5, 5.41) is 8.88. The summed E-state index contributed by atoms with van der Waals surface area (Å²) >= 11 is 3.63. The Morgan fingerprint density at radius 3 is 1.82 bits per heavy atom. The van der Waals surface area contributed by atoms with E-state index in [0.29, 0.717) is 11.5 Å². The highest BCUT2D eigenvalue weighted by Crippen LogP contribution is 2.33. The van der Waals surface area contributed by atoms with Crippen LogP contribution >= 0.6 is 34.4 Å². The molecule has 0 spiro atoms. The van der Waals surface area contributed by atoms with Crippen LogP contribution in [0.25, 0.3) is 5.57 Å². The van der Waals surface area contributed by atoms with Gasteiger partial charge in [-0.3, -0.25) is 0 Å². The van der Waals surface area contributed by atoms with E-state index in [1.54, 1.807) is 60.7 Å². The molecule has 0 atom stereocenters. The lowest BCUT2D eigenvalue weighted by Crippen LogP contribution is -2.10. The molecule has 0 aromatic heterocycles. The largest absolute Gasteiger partial charge is 0.481 e. The van der Waals surface area contributed by atoms with Crippen LogP contribution in [0.2, 0.25) is 0 Å². The van der Waals surface area contributed by atoms with Gasteiger partial charge in [-0.1, -0.05) is 36.4 Å². The van der Waals surface area contributed by atoms with Gasteiger partial charge in [-0.15, -0.1) is 11.8 Å². The van der Waals surface area contributed by atoms with E-state index in [9.17, 15) is 21.6 Å². The number of halogens is 1. The highest BCUT2D eigenvalue weighted by Gasteiger charge is 2.12. The molecule has 3 rings (SSSR count). The van der Waals surface area contributed by atoms with Crippen molar-refractivity contribution in [1.29, 1.82) is 0 Å². The number of benzene rings is 3. The topological polar surface area (TPSA) is 133 Å². The number of carboxylic acids is 1. The second-order valence-electron chi connectivity index (χ2n) is 7.80. The maximum atomic E-state index is 11.4. The Morgan fingerprint density at radius 1 is 0.868 bits per heavy atom. The van der Waals surface area contributed by atoms with Crippen LogP contribution in [0.5, 0.6) is 17.2 Å². The molecule has 0 heterocycles. The SMILES string of the molecule is CS(=O)(=O)Oc1ccc(C(=CCSc2cccc(OCC(=O)O)c2I)c2ccc(OS(C)(=O)=O)cc2)cc1. The molecule has 0 amide bonds. The van der Waals surface area contributed by atoms with Crippen molar-refractivity contribution in [2.45, 2.75) is 4.90 Å². The van der Waals surface area contributed by atoms with E-state index < -0.39 is 32.8 Å². The number of aliphatic carboxylic acids is 1. The maximum absolute atomic E-state index is 11.4. The average Bonchev–Trinajstić information content (AvgIpc) is 2.81. The summed E-state index contributed by atoms with van der Waals surface area (Å²) in [5.41, 5.74) is 2.36. The van der Waals surface area contributed by atoms with Crippen molar-refractivity contribution in [2.75, 3.05) is 24.9 Å². The first-order chi connectivity index (χ1) is 17.8. The van der Waals surface area contributed by atoms with Gasteiger partial charge in [0.2, 0.25) is 0 Å². The molecule has 3 aromatic carbocycles. The molecule has 1 N–H and O–H groups in total. The number of rotatable bonds is 12. The predicted molar refractivity (Wildman–Crippen MR) is 154 cm³/mol. The molecule has 38 heavy (non-hydrogen) atoms. The molecule has 0 aliphatic heterocycles. The van der Waals surface area contributed by atoms with Crippen molar-refractivity contribution >= 4 is 66.1 Å². The summed E-state index contributed by atoms with van der Waals surface area (Å²) in [7, 11) is -7.34. The second kappa shape index (κ2) is 12.9. The molecule has 3 aromatic rings. The van der Waals surface area contributed by atoms with E-state index >= 15 is 0 Å². The van der Waals surface area contributed by atoms with Crippen molar-refractivity contribution < 1.29 is 39.8 Å². The molecule has 13 heteroatoms. The maximum Gasteiger partial charge on any atom is 0.341 e. The van der Waals surface area contributed by atoms with Crippen LogP contribution in [0.15, 0.2) is 77.7 Å². The third-order valence-electron chi connectivity index (χ3n) is 4.63. The lowest BCUT2D eigenvalue weighted by atomic mass is 9.97. The van der Waals surface area contributed by atoms with Gasteiger partial charge >= 0.3 is 26.2 Å². The minimum atomic E-state index is -3.67.